The van der Waals surface area contributed by atoms with E-state index in [0.29, 0.717) is 17.4 Å². The second-order valence-corrected chi connectivity index (χ2v) is 5.93. The van der Waals surface area contributed by atoms with E-state index in [4.69, 9.17) is 0 Å². The van der Waals surface area contributed by atoms with E-state index in [0.717, 1.165) is 17.7 Å². The molecule has 0 aliphatic heterocycles. The van der Waals surface area contributed by atoms with E-state index in [2.05, 4.69) is 38.1 Å². The molecular formula is C15H14BrFN4. The minimum atomic E-state index is -0.257. The maximum absolute atomic E-state index is 13.8. The van der Waals surface area contributed by atoms with Crippen LogP contribution in [0.1, 0.15) is 29.4 Å². The molecule has 0 fully saturated rings. The van der Waals surface area contributed by atoms with Crippen LogP contribution in [0.25, 0.3) is 10.9 Å². The number of halogens is 2. The van der Waals surface area contributed by atoms with Gasteiger partial charge in [0, 0.05) is 23.3 Å². The number of pyridine rings is 1. The third-order valence-electron chi connectivity index (χ3n) is 3.37. The fourth-order valence-corrected chi connectivity index (χ4v) is 2.45. The molecule has 6 heteroatoms. The minimum absolute atomic E-state index is 0.203. The van der Waals surface area contributed by atoms with E-state index in [-0.39, 0.29) is 10.6 Å². The van der Waals surface area contributed by atoms with Crippen LogP contribution >= 0.6 is 15.9 Å². The van der Waals surface area contributed by atoms with Crippen LogP contribution < -0.4 is 0 Å². The lowest BCUT2D eigenvalue weighted by Gasteiger charge is -2.06. The molecule has 4 nitrogen and oxygen atoms in total. The summed E-state index contributed by atoms with van der Waals surface area (Å²) in [4.78, 5) is 4.49. The van der Waals surface area contributed by atoms with Gasteiger partial charge in [-0.2, -0.15) is 0 Å². The minimum Gasteiger partial charge on any atom is -0.256 e. The third-order valence-corrected chi connectivity index (χ3v) is 4.48. The Morgan fingerprint density at radius 3 is 3.00 bits per heavy atom. The lowest BCUT2D eigenvalue weighted by Crippen LogP contribution is -2.02. The molecule has 1 atom stereocenters. The molecule has 2 aromatic heterocycles. The highest BCUT2D eigenvalue weighted by atomic mass is 79.9. The fourth-order valence-electron chi connectivity index (χ4n) is 2.24. The summed E-state index contributed by atoms with van der Waals surface area (Å²) in [5.74, 6) is -0.257. The topological polar surface area (TPSA) is 43.6 Å². The zero-order chi connectivity index (χ0) is 14.8. The Kier molecular flexibility index (Phi) is 3.96. The molecule has 0 amide bonds. The molecule has 0 radical (unpaired) electrons. The third kappa shape index (κ3) is 2.81. The van der Waals surface area contributed by atoms with E-state index >= 15 is 0 Å². The summed E-state index contributed by atoms with van der Waals surface area (Å²) >= 11 is 3.56. The lowest BCUT2D eigenvalue weighted by atomic mass is 10.1. The van der Waals surface area contributed by atoms with Crippen LogP contribution in [0, 0.1) is 5.82 Å². The Labute approximate surface area is 130 Å². The van der Waals surface area contributed by atoms with Crippen molar-refractivity contribution in [2.45, 2.75) is 24.7 Å². The summed E-state index contributed by atoms with van der Waals surface area (Å²) in [7, 11) is 0. The molecule has 108 valence electrons. The predicted molar refractivity (Wildman–Crippen MR) is 82.8 cm³/mol. The summed E-state index contributed by atoms with van der Waals surface area (Å²) in [6.07, 6.45) is 4.52. The maximum Gasteiger partial charge on any atom is 0.132 e. The largest absolute Gasteiger partial charge is 0.256 e. The van der Waals surface area contributed by atoms with Crippen molar-refractivity contribution in [1.82, 2.24) is 20.0 Å². The van der Waals surface area contributed by atoms with Crippen LogP contribution in [0.4, 0.5) is 4.39 Å². The predicted octanol–water partition coefficient (Wildman–Crippen LogP) is 3.86. The van der Waals surface area contributed by atoms with Gasteiger partial charge >= 0.3 is 0 Å². The second kappa shape index (κ2) is 5.89. The van der Waals surface area contributed by atoms with Gasteiger partial charge in [0.25, 0.3) is 0 Å². The summed E-state index contributed by atoms with van der Waals surface area (Å²) in [5.41, 5.74) is 2.49. The lowest BCUT2D eigenvalue weighted by molar-refractivity contribution is 0.633. The van der Waals surface area contributed by atoms with Gasteiger partial charge in [0.2, 0.25) is 0 Å². The van der Waals surface area contributed by atoms with Gasteiger partial charge in [0.1, 0.15) is 5.82 Å². The van der Waals surface area contributed by atoms with E-state index in [1.165, 1.54) is 6.07 Å². The van der Waals surface area contributed by atoms with Crippen molar-refractivity contribution in [3.63, 3.8) is 0 Å². The molecule has 1 aromatic carbocycles. The Hall–Kier alpha value is -1.82. The monoisotopic (exact) mass is 348 g/mol. The van der Waals surface area contributed by atoms with Crippen molar-refractivity contribution in [1.29, 1.82) is 0 Å². The Balaban J connectivity index is 1.95. The van der Waals surface area contributed by atoms with Crippen molar-refractivity contribution in [2.75, 3.05) is 0 Å². The first kappa shape index (κ1) is 14.1. The van der Waals surface area contributed by atoms with Crippen molar-refractivity contribution in [2.24, 2.45) is 0 Å². The average Bonchev–Trinajstić information content (AvgIpc) is 2.98. The van der Waals surface area contributed by atoms with Gasteiger partial charge in [-0.3, -0.25) is 4.98 Å². The Bertz CT molecular complexity index is 771. The van der Waals surface area contributed by atoms with E-state index in [1.807, 2.05) is 6.20 Å². The summed E-state index contributed by atoms with van der Waals surface area (Å²) in [6.45, 7) is 2.60. The van der Waals surface area contributed by atoms with E-state index < -0.39 is 0 Å². The highest BCUT2D eigenvalue weighted by Crippen LogP contribution is 2.24. The molecular weight excluding hydrogens is 335 g/mol. The summed E-state index contributed by atoms with van der Waals surface area (Å²) < 4.78 is 15.5. The molecule has 0 aliphatic rings. The zero-order valence-corrected chi connectivity index (χ0v) is 13.1. The molecule has 0 aliphatic carbocycles. The molecule has 3 rings (SSSR count). The first-order valence-corrected chi connectivity index (χ1v) is 7.66. The molecule has 0 spiro atoms. The first-order chi connectivity index (χ1) is 10.2. The van der Waals surface area contributed by atoms with Crippen LogP contribution in [0.3, 0.4) is 0 Å². The van der Waals surface area contributed by atoms with Gasteiger partial charge in [-0.05, 0) is 24.6 Å². The number of aromatic nitrogens is 4. The summed E-state index contributed by atoms with van der Waals surface area (Å²) in [5, 5.41) is 8.81. The van der Waals surface area contributed by atoms with Crippen LogP contribution in [-0.2, 0) is 6.54 Å². The van der Waals surface area contributed by atoms with Crippen molar-refractivity contribution < 1.29 is 4.39 Å². The smallest absolute Gasteiger partial charge is 0.132 e. The Morgan fingerprint density at radius 2 is 2.19 bits per heavy atom. The molecule has 2 heterocycles. The number of alkyl halides is 1. The number of nitrogens with zero attached hydrogens (tertiary/aromatic N) is 4. The summed E-state index contributed by atoms with van der Waals surface area (Å²) in [6, 6.07) is 6.69. The SMILES string of the molecule is CCC(Br)c1cn(Cc2ccc(F)c3cccnc23)nn1. The second-order valence-electron chi connectivity index (χ2n) is 4.82. The van der Waals surface area contributed by atoms with Gasteiger partial charge < -0.3 is 0 Å². The normalized spacial score (nSPS) is 12.7. The maximum atomic E-state index is 13.8. The quantitative estimate of drug-likeness (QED) is 0.672. The number of fused-ring (bicyclic) bond motifs is 1. The van der Waals surface area contributed by atoms with Gasteiger partial charge in [-0.25, -0.2) is 9.07 Å². The van der Waals surface area contributed by atoms with E-state index in [1.54, 1.807) is 29.1 Å². The van der Waals surface area contributed by atoms with Crippen LogP contribution in [0.2, 0.25) is 0 Å². The van der Waals surface area contributed by atoms with Crippen LogP contribution in [-0.4, -0.2) is 20.0 Å². The molecule has 1 unspecified atom stereocenters. The molecule has 21 heavy (non-hydrogen) atoms. The van der Waals surface area contributed by atoms with Crippen molar-refractivity contribution in [3.8, 4) is 0 Å². The molecule has 0 N–H and O–H groups in total. The van der Waals surface area contributed by atoms with Crippen LogP contribution in [0.5, 0.6) is 0 Å². The highest BCUT2D eigenvalue weighted by Gasteiger charge is 2.11. The van der Waals surface area contributed by atoms with E-state index in [9.17, 15) is 4.39 Å². The molecule has 0 saturated heterocycles. The highest BCUT2D eigenvalue weighted by molar-refractivity contribution is 9.09. The standard InChI is InChI=1S/C15H14BrFN4/c1-2-12(16)14-9-21(20-19-14)8-10-5-6-13(17)11-4-3-7-18-15(10)11/h3-7,9,12H,2,8H2,1H3. The van der Waals surface area contributed by atoms with Gasteiger partial charge in [0.15, 0.2) is 0 Å². The van der Waals surface area contributed by atoms with Gasteiger partial charge in [-0.15, -0.1) is 5.10 Å². The number of rotatable bonds is 4. The first-order valence-electron chi connectivity index (χ1n) is 6.75. The number of benzene rings is 1. The van der Waals surface area contributed by atoms with Gasteiger partial charge in [-0.1, -0.05) is 34.1 Å². The average molecular weight is 349 g/mol. The zero-order valence-electron chi connectivity index (χ0n) is 11.5. The molecule has 0 saturated carbocycles. The number of hydrogen-bond acceptors (Lipinski definition) is 3. The van der Waals surface area contributed by atoms with Gasteiger partial charge in [0.05, 0.1) is 22.6 Å². The van der Waals surface area contributed by atoms with Crippen molar-refractivity contribution in [3.05, 3.63) is 53.7 Å². The molecule has 3 aromatic rings. The molecule has 0 bridgehead atoms. The van der Waals surface area contributed by atoms with Crippen LogP contribution in [0.15, 0.2) is 36.7 Å². The fraction of sp³-hybridized carbons (Fsp3) is 0.267. The number of hydrogen-bond donors (Lipinski definition) is 0. The van der Waals surface area contributed by atoms with Crippen molar-refractivity contribution >= 4 is 26.8 Å². The Morgan fingerprint density at radius 1 is 1.33 bits per heavy atom.